The van der Waals surface area contributed by atoms with Gasteiger partial charge in [-0.2, -0.15) is 4.98 Å². The summed E-state index contributed by atoms with van der Waals surface area (Å²) in [6.07, 6.45) is -1.46. The first-order valence-electron chi connectivity index (χ1n) is 12.7. The van der Waals surface area contributed by atoms with Crippen molar-refractivity contribution < 1.29 is 24.0 Å². The van der Waals surface area contributed by atoms with E-state index in [0.29, 0.717) is 54.4 Å². The van der Waals surface area contributed by atoms with Crippen molar-refractivity contribution in [1.29, 1.82) is 0 Å². The number of nitrogens with one attached hydrogen (secondary N) is 1. The molecule has 3 aromatic heterocycles. The summed E-state index contributed by atoms with van der Waals surface area (Å²) in [6.45, 7) is 2.58. The molecule has 2 aliphatic heterocycles. The van der Waals surface area contributed by atoms with Crippen LogP contribution < -0.4 is 10.1 Å². The molecule has 2 atom stereocenters. The molecule has 9 nitrogen and oxygen atoms in total. The predicted molar refractivity (Wildman–Crippen MR) is 132 cm³/mol. The van der Waals surface area contributed by atoms with E-state index in [4.69, 9.17) is 10.8 Å². The van der Waals surface area contributed by atoms with Gasteiger partial charge in [0.15, 0.2) is 0 Å². The fourth-order valence-corrected chi connectivity index (χ4v) is 5.10. The summed E-state index contributed by atoms with van der Waals surface area (Å²) in [5.41, 5.74) is 3.39. The van der Waals surface area contributed by atoms with Crippen molar-refractivity contribution in [3.05, 3.63) is 36.3 Å². The smallest absolute Gasteiger partial charge is 0.256 e. The van der Waals surface area contributed by atoms with Crippen molar-refractivity contribution in [2.45, 2.75) is 44.5 Å². The largest absolute Gasteiger partial charge is 0.479 e. The van der Waals surface area contributed by atoms with Crippen LogP contribution in [0.4, 0.5) is 19.1 Å². The molecule has 37 heavy (non-hydrogen) atoms. The zero-order valence-electron chi connectivity index (χ0n) is 21.5. The van der Waals surface area contributed by atoms with Crippen molar-refractivity contribution >= 4 is 22.5 Å². The van der Waals surface area contributed by atoms with Gasteiger partial charge >= 0.3 is 0 Å². The summed E-state index contributed by atoms with van der Waals surface area (Å²) < 4.78 is 63.6. The highest BCUT2D eigenvalue weighted by molar-refractivity contribution is 5.89. The molecule has 12 heteroatoms. The van der Waals surface area contributed by atoms with Crippen LogP contribution in [0, 0.1) is 6.92 Å². The highest BCUT2D eigenvalue weighted by atomic mass is 19.3. The second kappa shape index (κ2) is 9.49. The normalized spacial score (nSPS) is 22.4. The van der Waals surface area contributed by atoms with Gasteiger partial charge in [0.25, 0.3) is 6.43 Å². The zero-order valence-corrected chi connectivity index (χ0v) is 20.5. The molecule has 2 aliphatic rings. The minimum atomic E-state index is -2.50. The lowest BCUT2D eigenvalue weighted by atomic mass is 10.0. The molecule has 0 aliphatic carbocycles. The number of anilines is 1. The van der Waals surface area contributed by atoms with Crippen LogP contribution in [0.2, 0.25) is 0 Å². The Bertz CT molecular complexity index is 1490. The Labute approximate surface area is 212 Å². The predicted octanol–water partition coefficient (Wildman–Crippen LogP) is 3.55. The Hall–Kier alpha value is -3.38. The summed E-state index contributed by atoms with van der Waals surface area (Å²) in [5, 5.41) is 7.64. The van der Waals surface area contributed by atoms with E-state index < -0.39 is 31.2 Å². The van der Waals surface area contributed by atoms with Gasteiger partial charge in [0.1, 0.15) is 17.5 Å². The maximum absolute atomic E-state index is 15.1. The Balaban J connectivity index is 1.29. The van der Waals surface area contributed by atoms with Crippen molar-refractivity contribution in [1.82, 2.24) is 29.0 Å². The number of methoxy groups -OCH3 is 1. The number of hydrogen-bond donors (Lipinski definition) is 1. The number of aryl methyl sites for hydroxylation is 1. The number of ether oxygens (including phenoxy) is 2. The molecule has 1 N–H and O–H groups in total. The molecule has 0 bridgehead atoms. The first-order valence-corrected chi connectivity index (χ1v) is 12.2. The highest BCUT2D eigenvalue weighted by Crippen LogP contribution is 2.34. The van der Waals surface area contributed by atoms with Gasteiger partial charge in [-0.3, -0.25) is 4.90 Å². The number of rotatable bonds is 7. The van der Waals surface area contributed by atoms with Gasteiger partial charge in [0.05, 0.1) is 51.3 Å². The number of halogens is 3. The number of benzene rings is 1. The van der Waals surface area contributed by atoms with Gasteiger partial charge in [0, 0.05) is 24.8 Å². The number of likely N-dealkylation sites (tertiary alicyclic amines) is 1. The number of hydrogen-bond acceptors (Lipinski definition) is 7. The lowest BCUT2D eigenvalue weighted by molar-refractivity contribution is -0.0794. The molecule has 0 radical (unpaired) electrons. The maximum Gasteiger partial charge on any atom is 0.256 e. The molecule has 1 aromatic carbocycles. The fourth-order valence-electron chi connectivity index (χ4n) is 5.10. The van der Waals surface area contributed by atoms with E-state index in [9.17, 15) is 8.78 Å². The maximum atomic E-state index is 15.1. The Morgan fingerprint density at radius 3 is 2.81 bits per heavy atom. The quantitative estimate of drug-likeness (QED) is 0.402. The van der Waals surface area contributed by atoms with Gasteiger partial charge in [-0.25, -0.2) is 22.7 Å². The van der Waals surface area contributed by atoms with Crippen molar-refractivity contribution in [3.63, 3.8) is 0 Å². The molecule has 0 saturated carbocycles. The number of nitrogens with zero attached hydrogens (tertiary/aromatic N) is 6. The summed E-state index contributed by atoms with van der Waals surface area (Å²) in [4.78, 5) is 10.7. The zero-order chi connectivity index (χ0) is 26.6. The third kappa shape index (κ3) is 4.37. The van der Waals surface area contributed by atoms with Gasteiger partial charge in [0.2, 0.25) is 11.8 Å². The van der Waals surface area contributed by atoms with Gasteiger partial charge in [-0.15, -0.1) is 5.10 Å². The van der Waals surface area contributed by atoms with Gasteiger partial charge < -0.3 is 19.4 Å². The molecule has 0 spiro atoms. The van der Waals surface area contributed by atoms with Crippen molar-refractivity contribution in [2.75, 3.05) is 38.7 Å². The van der Waals surface area contributed by atoms with Crippen molar-refractivity contribution in [3.8, 4) is 17.0 Å². The summed E-state index contributed by atoms with van der Waals surface area (Å²) >= 11 is 0. The molecule has 2 saturated heterocycles. The average Bonchev–Trinajstić information content (AvgIpc) is 3.43. The van der Waals surface area contributed by atoms with Crippen molar-refractivity contribution in [2.24, 2.45) is 0 Å². The number of fused-ring (bicyclic) bond motifs is 2. The molecule has 0 unspecified atom stereocenters. The van der Waals surface area contributed by atoms with Crippen LogP contribution in [0.25, 0.3) is 27.7 Å². The van der Waals surface area contributed by atoms with E-state index in [-0.39, 0.29) is 12.5 Å². The second-order valence-electron chi connectivity index (χ2n) is 9.39. The molecule has 0 amide bonds. The lowest BCUT2D eigenvalue weighted by Crippen LogP contribution is -2.57. The second-order valence-corrected chi connectivity index (χ2v) is 9.39. The van der Waals surface area contributed by atoms with E-state index in [1.807, 2.05) is 23.1 Å². The van der Waals surface area contributed by atoms with E-state index >= 15 is 4.39 Å². The molecule has 5 heterocycles. The minimum Gasteiger partial charge on any atom is -0.479 e. The standard InChI is InChI=1S/C25H28F3N7O2/c1-14-29-20-4-3-15(9-21(20)34(14)11-22(27)28)17-5-8-35-23(17)24(36-2)31-25(32-35)30-19-6-7-33(10-18(19)26)16-12-37-13-16/h3-5,8-9,16,18-19,22H,6-7,10-13H2,1-2H3,(H,30,32)/t18-,19-/m0/s1/i16D. The van der Waals surface area contributed by atoms with Crippen LogP contribution in [-0.4, -0.2) is 87.1 Å². The first-order chi connectivity index (χ1) is 18.3. The fraction of sp³-hybridized carbons (Fsp3) is 0.480. The Kier molecular flexibility index (Phi) is 5.85. The first kappa shape index (κ1) is 22.8. The van der Waals surface area contributed by atoms with Crippen LogP contribution in [0.3, 0.4) is 0 Å². The topological polar surface area (TPSA) is 81.7 Å². The Morgan fingerprint density at radius 2 is 2.11 bits per heavy atom. The third-order valence-corrected chi connectivity index (χ3v) is 7.08. The number of piperidine rings is 1. The third-order valence-electron chi connectivity index (χ3n) is 7.08. The average molecular weight is 517 g/mol. The summed E-state index contributed by atoms with van der Waals surface area (Å²) in [7, 11) is 1.50. The van der Waals surface area contributed by atoms with E-state index in [1.54, 1.807) is 23.7 Å². The van der Waals surface area contributed by atoms with Crippen LogP contribution in [0.5, 0.6) is 5.88 Å². The highest BCUT2D eigenvalue weighted by Gasteiger charge is 2.35. The van der Waals surface area contributed by atoms with Crippen LogP contribution in [0.15, 0.2) is 30.5 Å². The minimum absolute atomic E-state index is 0.141. The SMILES string of the molecule is [2H]C1(N2CC[C@H](Nc3nc(OC)c4c(-c5ccc6nc(C)n(CC(F)F)c6c5)ccn4n3)[C@@H](F)C2)COC1. The lowest BCUT2D eigenvalue weighted by Gasteiger charge is -2.42. The van der Waals surface area contributed by atoms with E-state index in [0.717, 1.165) is 11.1 Å². The van der Waals surface area contributed by atoms with Crippen LogP contribution >= 0.6 is 0 Å². The van der Waals surface area contributed by atoms with Crippen LogP contribution in [0.1, 0.15) is 13.6 Å². The molecule has 6 rings (SSSR count). The van der Waals surface area contributed by atoms with E-state index in [2.05, 4.69) is 20.4 Å². The summed E-state index contributed by atoms with van der Waals surface area (Å²) in [5.74, 6) is 1.04. The molecule has 196 valence electrons. The Morgan fingerprint density at radius 1 is 1.27 bits per heavy atom. The van der Waals surface area contributed by atoms with Gasteiger partial charge in [-0.1, -0.05) is 6.07 Å². The molecule has 2 fully saturated rings. The molecule has 4 aromatic rings. The van der Waals surface area contributed by atoms with Crippen LogP contribution in [-0.2, 0) is 11.3 Å². The molecular weight excluding hydrogens is 487 g/mol. The summed E-state index contributed by atoms with van der Waals surface area (Å²) in [6, 6.07) is 6.00. The number of aromatic nitrogens is 5. The van der Waals surface area contributed by atoms with E-state index in [1.165, 1.54) is 11.7 Å². The molecular formula is C25H28F3N7O2. The number of alkyl halides is 3. The van der Waals surface area contributed by atoms with Gasteiger partial charge in [-0.05, 0) is 37.1 Å². The monoisotopic (exact) mass is 516 g/mol. The number of imidazole rings is 1.